The molecule has 1 amide bonds. The minimum Gasteiger partial charge on any atom is -0.392 e. The minimum atomic E-state index is -0.612. The molecule has 0 spiro atoms. The fraction of sp³-hybridized carbons (Fsp3) is 0.286. The summed E-state index contributed by atoms with van der Waals surface area (Å²) in [4.78, 5) is 11.8. The van der Waals surface area contributed by atoms with Crippen LogP contribution in [0.1, 0.15) is 23.1 Å². The molecule has 0 saturated heterocycles. The number of rotatable bonds is 4. The van der Waals surface area contributed by atoms with Crippen molar-refractivity contribution in [1.29, 1.82) is 0 Å². The first kappa shape index (κ1) is 14.2. The van der Waals surface area contributed by atoms with E-state index in [0.29, 0.717) is 5.69 Å². The first-order valence-electron chi connectivity index (χ1n) is 6.26. The molecule has 0 fully saturated rings. The number of aryl methyl sites for hydroxylation is 1. The second kappa shape index (κ2) is 5.83. The summed E-state index contributed by atoms with van der Waals surface area (Å²) in [6.45, 7) is 3.56. The van der Waals surface area contributed by atoms with Crippen LogP contribution in [0.3, 0.4) is 0 Å². The zero-order chi connectivity index (χ0) is 14.7. The van der Waals surface area contributed by atoms with Crippen LogP contribution in [-0.2, 0) is 0 Å². The van der Waals surface area contributed by atoms with E-state index in [4.69, 9.17) is 5.11 Å². The topological polar surface area (TPSA) is 67.2 Å². The van der Waals surface area contributed by atoms with Crippen molar-refractivity contribution in [3.8, 4) is 5.69 Å². The fourth-order valence-corrected chi connectivity index (χ4v) is 1.76. The smallest absolute Gasteiger partial charge is 0.271 e. The Morgan fingerprint density at radius 3 is 2.70 bits per heavy atom. The van der Waals surface area contributed by atoms with E-state index in [1.807, 2.05) is 6.92 Å². The third-order valence-corrected chi connectivity index (χ3v) is 2.75. The van der Waals surface area contributed by atoms with Crippen LogP contribution in [0.4, 0.5) is 4.39 Å². The molecule has 1 unspecified atom stereocenters. The molecule has 1 heterocycles. The average Bonchev–Trinajstić information content (AvgIpc) is 2.79. The molecular weight excluding hydrogens is 261 g/mol. The summed E-state index contributed by atoms with van der Waals surface area (Å²) >= 11 is 0. The van der Waals surface area contributed by atoms with Crippen LogP contribution in [0, 0.1) is 12.7 Å². The average molecular weight is 277 g/mol. The van der Waals surface area contributed by atoms with Crippen molar-refractivity contribution < 1.29 is 14.3 Å². The second-order valence-corrected chi connectivity index (χ2v) is 4.62. The van der Waals surface area contributed by atoms with Gasteiger partial charge in [0.2, 0.25) is 0 Å². The number of carbonyl (C=O) groups is 1. The maximum absolute atomic E-state index is 12.9. The summed E-state index contributed by atoms with van der Waals surface area (Å²) in [6, 6.07) is 7.49. The van der Waals surface area contributed by atoms with Crippen LogP contribution in [0.15, 0.2) is 30.3 Å². The van der Waals surface area contributed by atoms with E-state index in [1.54, 1.807) is 29.8 Å². The number of benzene rings is 1. The summed E-state index contributed by atoms with van der Waals surface area (Å²) in [7, 11) is 0. The van der Waals surface area contributed by atoms with Gasteiger partial charge in [-0.05, 0) is 44.2 Å². The largest absolute Gasteiger partial charge is 0.392 e. The van der Waals surface area contributed by atoms with Crippen molar-refractivity contribution in [1.82, 2.24) is 15.1 Å². The van der Waals surface area contributed by atoms with Gasteiger partial charge in [-0.3, -0.25) is 4.79 Å². The molecule has 106 valence electrons. The zero-order valence-electron chi connectivity index (χ0n) is 11.3. The van der Waals surface area contributed by atoms with Crippen LogP contribution in [0.5, 0.6) is 0 Å². The van der Waals surface area contributed by atoms with Crippen molar-refractivity contribution in [2.75, 3.05) is 6.54 Å². The number of amides is 1. The Bertz CT molecular complexity index is 605. The van der Waals surface area contributed by atoms with E-state index in [0.717, 1.165) is 5.69 Å². The molecule has 5 nitrogen and oxygen atoms in total. The quantitative estimate of drug-likeness (QED) is 0.888. The van der Waals surface area contributed by atoms with Crippen molar-refractivity contribution in [3.05, 3.63) is 47.5 Å². The molecule has 2 aromatic rings. The summed E-state index contributed by atoms with van der Waals surface area (Å²) in [5.74, 6) is -0.677. The van der Waals surface area contributed by atoms with E-state index in [1.165, 1.54) is 12.1 Å². The molecule has 1 aromatic heterocycles. The van der Waals surface area contributed by atoms with Crippen molar-refractivity contribution >= 4 is 5.91 Å². The SMILES string of the molecule is Cc1cc(C(=O)NCC(C)O)nn1-c1ccc(F)cc1. The first-order chi connectivity index (χ1) is 9.47. The molecule has 0 aliphatic heterocycles. The number of aromatic nitrogens is 2. The predicted octanol–water partition coefficient (Wildman–Crippen LogP) is 1.43. The summed E-state index contributed by atoms with van der Waals surface area (Å²) in [6.07, 6.45) is -0.612. The number of hydrogen-bond acceptors (Lipinski definition) is 3. The Balaban J connectivity index is 2.21. The number of aliphatic hydroxyl groups excluding tert-OH is 1. The van der Waals surface area contributed by atoms with Gasteiger partial charge in [0.15, 0.2) is 5.69 Å². The van der Waals surface area contributed by atoms with E-state index in [-0.39, 0.29) is 24.0 Å². The molecule has 0 bridgehead atoms. The van der Waals surface area contributed by atoms with Gasteiger partial charge >= 0.3 is 0 Å². The maximum Gasteiger partial charge on any atom is 0.271 e. The summed E-state index contributed by atoms with van der Waals surface area (Å²) < 4.78 is 14.5. The van der Waals surface area contributed by atoms with E-state index in [2.05, 4.69) is 10.4 Å². The minimum absolute atomic E-state index is 0.168. The molecular formula is C14H16FN3O2. The Morgan fingerprint density at radius 2 is 2.10 bits per heavy atom. The van der Waals surface area contributed by atoms with Crippen molar-refractivity contribution in [2.24, 2.45) is 0 Å². The first-order valence-corrected chi connectivity index (χ1v) is 6.26. The number of carbonyl (C=O) groups excluding carboxylic acids is 1. The van der Waals surface area contributed by atoms with Gasteiger partial charge in [0.25, 0.3) is 5.91 Å². The highest BCUT2D eigenvalue weighted by Crippen LogP contribution is 2.12. The van der Waals surface area contributed by atoms with Crippen LogP contribution < -0.4 is 5.32 Å². The van der Waals surface area contributed by atoms with Gasteiger partial charge < -0.3 is 10.4 Å². The number of nitrogens with zero attached hydrogens (tertiary/aromatic N) is 2. The number of nitrogens with one attached hydrogen (secondary N) is 1. The van der Waals surface area contributed by atoms with Crippen molar-refractivity contribution in [2.45, 2.75) is 20.0 Å². The Labute approximate surface area is 116 Å². The van der Waals surface area contributed by atoms with Gasteiger partial charge in [-0.2, -0.15) is 5.10 Å². The monoisotopic (exact) mass is 277 g/mol. The molecule has 2 rings (SSSR count). The normalized spacial score (nSPS) is 12.2. The third-order valence-electron chi connectivity index (χ3n) is 2.75. The van der Waals surface area contributed by atoms with E-state index < -0.39 is 6.10 Å². The lowest BCUT2D eigenvalue weighted by atomic mass is 10.3. The Kier molecular flexibility index (Phi) is 4.14. The number of aliphatic hydroxyl groups is 1. The van der Waals surface area contributed by atoms with Gasteiger partial charge in [-0.25, -0.2) is 9.07 Å². The highest BCUT2D eigenvalue weighted by Gasteiger charge is 2.13. The van der Waals surface area contributed by atoms with E-state index >= 15 is 0 Å². The molecule has 1 atom stereocenters. The molecule has 1 aromatic carbocycles. The van der Waals surface area contributed by atoms with Crippen LogP contribution in [0.25, 0.3) is 5.69 Å². The van der Waals surface area contributed by atoms with Crippen LogP contribution >= 0.6 is 0 Å². The Hall–Kier alpha value is -2.21. The van der Waals surface area contributed by atoms with Gasteiger partial charge in [-0.15, -0.1) is 0 Å². The molecule has 6 heteroatoms. The number of halogens is 1. The molecule has 0 radical (unpaired) electrons. The third kappa shape index (κ3) is 3.21. The summed E-state index contributed by atoms with van der Waals surface area (Å²) in [5, 5.41) is 15.9. The highest BCUT2D eigenvalue weighted by molar-refractivity contribution is 5.92. The molecule has 0 aliphatic carbocycles. The van der Waals surface area contributed by atoms with Gasteiger partial charge in [-0.1, -0.05) is 0 Å². The van der Waals surface area contributed by atoms with Gasteiger partial charge in [0.1, 0.15) is 5.82 Å². The lowest BCUT2D eigenvalue weighted by Gasteiger charge is -2.05. The van der Waals surface area contributed by atoms with Gasteiger partial charge in [0, 0.05) is 12.2 Å². The second-order valence-electron chi connectivity index (χ2n) is 4.62. The predicted molar refractivity (Wildman–Crippen MR) is 72.3 cm³/mol. The summed E-state index contributed by atoms with van der Waals surface area (Å²) in [5.41, 5.74) is 1.70. The molecule has 0 aliphatic rings. The molecule has 20 heavy (non-hydrogen) atoms. The Morgan fingerprint density at radius 1 is 1.45 bits per heavy atom. The molecule has 0 saturated carbocycles. The zero-order valence-corrected chi connectivity index (χ0v) is 11.3. The highest BCUT2D eigenvalue weighted by atomic mass is 19.1. The lowest BCUT2D eigenvalue weighted by molar-refractivity contribution is 0.0918. The standard InChI is InChI=1S/C14H16FN3O2/c1-9-7-13(14(20)16-8-10(2)19)17-18(9)12-5-3-11(15)4-6-12/h3-7,10,19H,8H2,1-2H3,(H,16,20). The number of hydrogen-bond donors (Lipinski definition) is 2. The van der Waals surface area contributed by atoms with Crippen molar-refractivity contribution in [3.63, 3.8) is 0 Å². The fourth-order valence-electron chi connectivity index (χ4n) is 1.76. The van der Waals surface area contributed by atoms with Crippen LogP contribution in [0.2, 0.25) is 0 Å². The molecule has 2 N–H and O–H groups in total. The van der Waals surface area contributed by atoms with E-state index in [9.17, 15) is 9.18 Å². The van der Waals surface area contributed by atoms with Gasteiger partial charge in [0.05, 0.1) is 11.8 Å². The maximum atomic E-state index is 12.9. The van der Waals surface area contributed by atoms with Crippen LogP contribution in [-0.4, -0.2) is 33.4 Å². The lowest BCUT2D eigenvalue weighted by Crippen LogP contribution is -2.30.